The van der Waals surface area contributed by atoms with E-state index in [2.05, 4.69) is 17.1 Å². The summed E-state index contributed by atoms with van der Waals surface area (Å²) in [6, 6.07) is 7.16. The molecule has 1 N–H and O–H groups in total. The van der Waals surface area contributed by atoms with Crippen LogP contribution in [0, 0.1) is 5.92 Å². The molecule has 3 aliphatic heterocycles. The van der Waals surface area contributed by atoms with Gasteiger partial charge in [-0.15, -0.1) is 0 Å². The monoisotopic (exact) mass is 401 g/mol. The standard InChI is InChI=1S/C22H31N3O4/c1-3-11-24-12-9-16(10-13-24)22(4-2)20(26)25(21(27)23-22)14-17-15-28-18-7-5-6-8-19(18)29-17/h5-8,16-17H,3-4,9-15H2,1-2H3,(H,23,27)/t17-,22-/m1/s1. The van der Waals surface area contributed by atoms with Gasteiger partial charge in [0.15, 0.2) is 17.6 Å². The number of fused-ring (bicyclic) bond motifs is 1. The van der Waals surface area contributed by atoms with Gasteiger partial charge in [0.05, 0.1) is 6.54 Å². The van der Waals surface area contributed by atoms with E-state index in [4.69, 9.17) is 9.47 Å². The molecule has 0 bridgehead atoms. The molecule has 3 aliphatic rings. The predicted molar refractivity (Wildman–Crippen MR) is 109 cm³/mol. The van der Waals surface area contributed by atoms with Crippen molar-refractivity contribution in [3.05, 3.63) is 24.3 Å². The third kappa shape index (κ3) is 3.68. The van der Waals surface area contributed by atoms with Gasteiger partial charge in [-0.05, 0) is 63.4 Å². The average molecular weight is 402 g/mol. The van der Waals surface area contributed by atoms with Crippen LogP contribution in [0.3, 0.4) is 0 Å². The fraction of sp³-hybridized carbons (Fsp3) is 0.636. The second-order valence-corrected chi connectivity index (χ2v) is 8.28. The van der Waals surface area contributed by atoms with E-state index in [1.54, 1.807) is 0 Å². The summed E-state index contributed by atoms with van der Waals surface area (Å²) in [5.41, 5.74) is -0.789. The Bertz CT molecular complexity index is 762. The second-order valence-electron chi connectivity index (χ2n) is 8.28. The minimum atomic E-state index is -0.789. The number of hydrogen-bond donors (Lipinski definition) is 1. The Morgan fingerprint density at radius 3 is 2.55 bits per heavy atom. The van der Waals surface area contributed by atoms with Gasteiger partial charge in [-0.3, -0.25) is 9.69 Å². The molecular formula is C22H31N3O4. The number of imide groups is 1. The van der Waals surface area contributed by atoms with Crippen molar-refractivity contribution in [1.29, 1.82) is 0 Å². The van der Waals surface area contributed by atoms with Crippen molar-refractivity contribution < 1.29 is 19.1 Å². The van der Waals surface area contributed by atoms with Crippen LogP contribution < -0.4 is 14.8 Å². The lowest BCUT2D eigenvalue weighted by Crippen LogP contribution is -2.56. The molecule has 0 unspecified atom stereocenters. The molecule has 4 rings (SSSR count). The largest absolute Gasteiger partial charge is 0.486 e. The van der Waals surface area contributed by atoms with E-state index in [0.717, 1.165) is 38.9 Å². The van der Waals surface area contributed by atoms with Gasteiger partial charge in [-0.25, -0.2) is 4.79 Å². The summed E-state index contributed by atoms with van der Waals surface area (Å²) in [5.74, 6) is 1.41. The highest BCUT2D eigenvalue weighted by atomic mass is 16.6. The first-order valence-corrected chi connectivity index (χ1v) is 10.8. The number of carbonyl (C=O) groups is 2. The lowest BCUT2D eigenvalue weighted by atomic mass is 9.75. The lowest BCUT2D eigenvalue weighted by Gasteiger charge is -2.40. The van der Waals surface area contributed by atoms with E-state index in [9.17, 15) is 9.59 Å². The lowest BCUT2D eigenvalue weighted by molar-refractivity contribution is -0.135. The quantitative estimate of drug-likeness (QED) is 0.742. The van der Waals surface area contributed by atoms with Gasteiger partial charge in [-0.1, -0.05) is 26.0 Å². The highest BCUT2D eigenvalue weighted by Gasteiger charge is 2.55. The Morgan fingerprint density at radius 1 is 1.14 bits per heavy atom. The Labute approximate surface area is 172 Å². The van der Waals surface area contributed by atoms with Gasteiger partial charge in [0.1, 0.15) is 12.1 Å². The van der Waals surface area contributed by atoms with Crippen LogP contribution in [-0.4, -0.2) is 66.2 Å². The fourth-order valence-electron chi connectivity index (χ4n) is 4.94. The van der Waals surface area contributed by atoms with Crippen LogP contribution in [0.4, 0.5) is 4.79 Å². The number of urea groups is 1. The first-order chi connectivity index (χ1) is 14.1. The molecule has 2 atom stereocenters. The van der Waals surface area contributed by atoms with E-state index >= 15 is 0 Å². The normalized spacial score (nSPS) is 27.9. The van der Waals surface area contributed by atoms with Crippen molar-refractivity contribution in [2.45, 2.75) is 51.2 Å². The van der Waals surface area contributed by atoms with Crippen molar-refractivity contribution in [3.63, 3.8) is 0 Å². The van der Waals surface area contributed by atoms with Crippen LogP contribution >= 0.6 is 0 Å². The first kappa shape index (κ1) is 20.0. The van der Waals surface area contributed by atoms with Crippen molar-refractivity contribution in [2.24, 2.45) is 5.92 Å². The number of nitrogens with one attached hydrogen (secondary N) is 1. The number of hydrogen-bond acceptors (Lipinski definition) is 5. The molecule has 2 saturated heterocycles. The Hall–Kier alpha value is -2.28. The van der Waals surface area contributed by atoms with Gasteiger partial charge in [0.25, 0.3) is 5.91 Å². The minimum Gasteiger partial charge on any atom is -0.486 e. The zero-order valence-corrected chi connectivity index (χ0v) is 17.4. The molecule has 2 fully saturated rings. The minimum absolute atomic E-state index is 0.110. The van der Waals surface area contributed by atoms with E-state index in [1.165, 1.54) is 4.90 Å². The zero-order valence-electron chi connectivity index (χ0n) is 17.4. The van der Waals surface area contributed by atoms with Gasteiger partial charge < -0.3 is 19.7 Å². The second kappa shape index (κ2) is 8.22. The number of para-hydroxylation sites is 2. The maximum absolute atomic E-state index is 13.4. The first-order valence-electron chi connectivity index (χ1n) is 10.8. The van der Waals surface area contributed by atoms with Gasteiger partial charge in [-0.2, -0.15) is 0 Å². The molecule has 29 heavy (non-hydrogen) atoms. The van der Waals surface area contributed by atoms with Crippen molar-refractivity contribution in [2.75, 3.05) is 32.8 Å². The fourth-order valence-corrected chi connectivity index (χ4v) is 4.94. The highest BCUT2D eigenvalue weighted by molar-refractivity contribution is 6.07. The summed E-state index contributed by atoms with van der Waals surface area (Å²) < 4.78 is 11.7. The number of amides is 3. The third-order valence-electron chi connectivity index (χ3n) is 6.54. The van der Waals surface area contributed by atoms with Gasteiger partial charge in [0, 0.05) is 0 Å². The molecule has 0 radical (unpaired) electrons. The van der Waals surface area contributed by atoms with Crippen LogP contribution in [0.2, 0.25) is 0 Å². The maximum Gasteiger partial charge on any atom is 0.325 e. The molecule has 0 spiro atoms. The molecule has 0 saturated carbocycles. The summed E-state index contributed by atoms with van der Waals surface area (Å²) >= 11 is 0. The third-order valence-corrected chi connectivity index (χ3v) is 6.54. The number of carbonyl (C=O) groups excluding carboxylic acids is 2. The molecule has 1 aromatic rings. The van der Waals surface area contributed by atoms with E-state index < -0.39 is 5.54 Å². The van der Waals surface area contributed by atoms with Crippen LogP contribution in [-0.2, 0) is 4.79 Å². The SMILES string of the molecule is CCCN1CCC([C@@]2(CC)NC(=O)N(C[C@@H]3COc4ccccc4O3)C2=O)CC1. The summed E-state index contributed by atoms with van der Waals surface area (Å²) in [4.78, 5) is 30.0. The number of nitrogens with zero attached hydrogens (tertiary/aromatic N) is 2. The summed E-state index contributed by atoms with van der Waals surface area (Å²) in [6.07, 6.45) is 3.25. The number of rotatable bonds is 6. The molecule has 7 nitrogen and oxygen atoms in total. The smallest absolute Gasteiger partial charge is 0.325 e. The number of ether oxygens (including phenoxy) is 2. The summed E-state index contributed by atoms with van der Waals surface area (Å²) in [6.45, 7) is 7.78. The predicted octanol–water partition coefficient (Wildman–Crippen LogP) is 2.65. The molecule has 1 aromatic carbocycles. The molecule has 158 valence electrons. The number of piperidine rings is 1. The molecule has 7 heteroatoms. The van der Waals surface area contributed by atoms with Crippen molar-refractivity contribution >= 4 is 11.9 Å². The molecule has 3 amide bonds. The molecular weight excluding hydrogens is 370 g/mol. The Morgan fingerprint density at radius 2 is 1.86 bits per heavy atom. The topological polar surface area (TPSA) is 71.1 Å². The maximum atomic E-state index is 13.4. The van der Waals surface area contributed by atoms with Crippen LogP contribution in [0.5, 0.6) is 11.5 Å². The van der Waals surface area contributed by atoms with E-state index in [1.807, 2.05) is 31.2 Å². The molecule has 3 heterocycles. The van der Waals surface area contributed by atoms with E-state index in [0.29, 0.717) is 24.5 Å². The van der Waals surface area contributed by atoms with E-state index in [-0.39, 0.29) is 30.5 Å². The van der Waals surface area contributed by atoms with Crippen LogP contribution in [0.25, 0.3) is 0 Å². The average Bonchev–Trinajstić information content (AvgIpc) is 2.99. The zero-order chi connectivity index (χ0) is 20.4. The number of likely N-dealkylation sites (tertiary alicyclic amines) is 1. The Kier molecular flexibility index (Phi) is 5.67. The van der Waals surface area contributed by atoms with Gasteiger partial charge >= 0.3 is 6.03 Å². The van der Waals surface area contributed by atoms with Crippen molar-refractivity contribution in [1.82, 2.24) is 15.1 Å². The van der Waals surface area contributed by atoms with Crippen molar-refractivity contribution in [3.8, 4) is 11.5 Å². The Balaban J connectivity index is 1.44. The van der Waals surface area contributed by atoms with Crippen LogP contribution in [0.15, 0.2) is 24.3 Å². The summed E-state index contributed by atoms with van der Waals surface area (Å²) in [7, 11) is 0. The number of benzene rings is 1. The van der Waals surface area contributed by atoms with Gasteiger partial charge in [0.2, 0.25) is 0 Å². The summed E-state index contributed by atoms with van der Waals surface area (Å²) in [5, 5.41) is 3.06. The molecule has 0 aromatic heterocycles. The molecule has 0 aliphatic carbocycles. The van der Waals surface area contributed by atoms with Crippen LogP contribution in [0.1, 0.15) is 39.5 Å². The highest BCUT2D eigenvalue weighted by Crippen LogP contribution is 2.37.